The lowest BCUT2D eigenvalue weighted by Crippen LogP contribution is -2.35. The van der Waals surface area contributed by atoms with E-state index in [1.165, 1.54) is 0 Å². The lowest BCUT2D eigenvalue weighted by molar-refractivity contribution is -0.120. The number of ketones is 1. The van der Waals surface area contributed by atoms with Crippen molar-refractivity contribution < 1.29 is 14.3 Å². The first-order chi connectivity index (χ1) is 13.6. The summed E-state index contributed by atoms with van der Waals surface area (Å²) >= 11 is 1.59. The number of fused-ring (bicyclic) bond motifs is 1. The predicted molar refractivity (Wildman–Crippen MR) is 111 cm³/mol. The molecule has 1 aromatic heterocycles. The first-order valence-electron chi connectivity index (χ1n) is 9.29. The predicted octanol–water partition coefficient (Wildman–Crippen LogP) is 4.28. The summed E-state index contributed by atoms with van der Waals surface area (Å²) in [6.07, 6.45) is 1.08. The molecule has 28 heavy (non-hydrogen) atoms. The van der Waals surface area contributed by atoms with Crippen LogP contribution in [-0.2, 0) is 17.6 Å². The number of carbonyl (C=O) groups is 2. The van der Waals surface area contributed by atoms with Gasteiger partial charge in [-0.25, -0.2) is 0 Å². The number of thiophene rings is 1. The van der Waals surface area contributed by atoms with E-state index in [1.54, 1.807) is 18.3 Å². The van der Waals surface area contributed by atoms with Gasteiger partial charge in [0.1, 0.15) is 11.9 Å². The topological polar surface area (TPSA) is 55.4 Å². The van der Waals surface area contributed by atoms with Gasteiger partial charge in [0.05, 0.1) is 13.0 Å². The summed E-state index contributed by atoms with van der Waals surface area (Å²) in [4.78, 5) is 25.1. The third-order valence-corrected chi connectivity index (χ3v) is 5.74. The molecule has 142 valence electrons. The summed E-state index contributed by atoms with van der Waals surface area (Å²) in [5.74, 6) is 0.915. The standard InChI is InChI=1S/C23H21NO3S/c1-15(25)20-6-2-3-7-21(20)16-8-9-22-17(11-16)12-18(27-22)14-24-23(26)13-19-5-4-10-28-19/h2-11,18H,12-14H2,1H3,(H,24,26)/t18-/m0/s1. The molecule has 0 aliphatic carbocycles. The Morgan fingerprint density at radius 2 is 2.00 bits per heavy atom. The second-order valence-corrected chi connectivity index (χ2v) is 7.96. The highest BCUT2D eigenvalue weighted by atomic mass is 32.1. The molecule has 0 radical (unpaired) electrons. The number of benzene rings is 2. The molecule has 0 unspecified atom stereocenters. The Balaban J connectivity index is 1.42. The van der Waals surface area contributed by atoms with Gasteiger partial charge in [-0.3, -0.25) is 9.59 Å². The van der Waals surface area contributed by atoms with E-state index in [0.29, 0.717) is 13.0 Å². The summed E-state index contributed by atoms with van der Waals surface area (Å²) in [5.41, 5.74) is 3.77. The van der Waals surface area contributed by atoms with Crippen LogP contribution in [0.5, 0.6) is 5.75 Å². The summed E-state index contributed by atoms with van der Waals surface area (Å²) in [7, 11) is 0. The zero-order valence-corrected chi connectivity index (χ0v) is 16.4. The fourth-order valence-corrected chi connectivity index (χ4v) is 4.21. The Labute approximate surface area is 168 Å². The van der Waals surface area contributed by atoms with Crippen LogP contribution in [0.25, 0.3) is 11.1 Å². The Kier molecular flexibility index (Phi) is 5.26. The number of amides is 1. The van der Waals surface area contributed by atoms with Crippen LogP contribution in [0.2, 0.25) is 0 Å². The van der Waals surface area contributed by atoms with Gasteiger partial charge >= 0.3 is 0 Å². The molecule has 3 aromatic rings. The first-order valence-corrected chi connectivity index (χ1v) is 10.2. The van der Waals surface area contributed by atoms with Crippen LogP contribution >= 0.6 is 11.3 Å². The van der Waals surface area contributed by atoms with Gasteiger partial charge in [-0.05, 0) is 47.2 Å². The van der Waals surface area contributed by atoms with Crippen LogP contribution < -0.4 is 10.1 Å². The molecule has 0 saturated heterocycles. The third-order valence-electron chi connectivity index (χ3n) is 4.86. The molecule has 5 heteroatoms. The molecule has 1 amide bonds. The van der Waals surface area contributed by atoms with Crippen LogP contribution in [0.4, 0.5) is 0 Å². The van der Waals surface area contributed by atoms with Gasteiger partial charge in [0.25, 0.3) is 0 Å². The number of ether oxygens (including phenoxy) is 1. The van der Waals surface area contributed by atoms with Gasteiger partial charge in [-0.1, -0.05) is 36.4 Å². The van der Waals surface area contributed by atoms with Gasteiger partial charge < -0.3 is 10.1 Å². The molecule has 2 heterocycles. The van der Waals surface area contributed by atoms with E-state index in [9.17, 15) is 9.59 Å². The van der Waals surface area contributed by atoms with Crippen LogP contribution in [-0.4, -0.2) is 24.3 Å². The first kappa shape index (κ1) is 18.4. The monoisotopic (exact) mass is 391 g/mol. The number of rotatable bonds is 6. The zero-order valence-electron chi connectivity index (χ0n) is 15.6. The van der Waals surface area contributed by atoms with Gasteiger partial charge in [-0.15, -0.1) is 11.3 Å². The number of nitrogens with one attached hydrogen (secondary N) is 1. The number of Topliss-reactive ketones (excluding diaryl/α,β-unsaturated/α-hetero) is 1. The number of hydrogen-bond acceptors (Lipinski definition) is 4. The molecule has 1 aliphatic heterocycles. The van der Waals surface area contributed by atoms with Crippen molar-refractivity contribution in [2.45, 2.75) is 25.9 Å². The van der Waals surface area contributed by atoms with Crippen LogP contribution in [0.3, 0.4) is 0 Å². The van der Waals surface area contributed by atoms with Crippen LogP contribution in [0.15, 0.2) is 60.0 Å². The van der Waals surface area contributed by atoms with Gasteiger partial charge in [0.15, 0.2) is 5.78 Å². The Morgan fingerprint density at radius 3 is 2.79 bits per heavy atom. The summed E-state index contributed by atoms with van der Waals surface area (Å²) < 4.78 is 5.98. The fraction of sp³-hybridized carbons (Fsp3) is 0.217. The highest BCUT2D eigenvalue weighted by Crippen LogP contribution is 2.34. The minimum absolute atomic E-state index is 0.0121. The normalized spacial score (nSPS) is 15.0. The van der Waals surface area contributed by atoms with Crippen molar-refractivity contribution in [1.29, 1.82) is 0 Å². The smallest absolute Gasteiger partial charge is 0.225 e. The second kappa shape index (κ2) is 7.98. The Morgan fingerprint density at radius 1 is 1.14 bits per heavy atom. The Bertz CT molecular complexity index is 1010. The largest absolute Gasteiger partial charge is 0.488 e. The molecule has 4 nitrogen and oxygen atoms in total. The maximum atomic E-state index is 12.1. The molecular formula is C23H21NO3S. The van der Waals surface area contributed by atoms with Gasteiger partial charge in [0, 0.05) is 16.9 Å². The van der Waals surface area contributed by atoms with Crippen molar-refractivity contribution in [2.75, 3.05) is 6.54 Å². The minimum Gasteiger partial charge on any atom is -0.488 e. The molecule has 0 spiro atoms. The van der Waals surface area contributed by atoms with Crippen molar-refractivity contribution in [1.82, 2.24) is 5.32 Å². The summed E-state index contributed by atoms with van der Waals surface area (Å²) in [6.45, 7) is 2.07. The third kappa shape index (κ3) is 3.99. The van der Waals surface area contributed by atoms with E-state index in [2.05, 4.69) is 11.4 Å². The molecule has 1 atom stereocenters. The maximum absolute atomic E-state index is 12.1. The molecule has 0 fully saturated rings. The molecule has 1 N–H and O–H groups in total. The van der Waals surface area contributed by atoms with Gasteiger partial charge in [-0.2, -0.15) is 0 Å². The van der Waals surface area contributed by atoms with E-state index < -0.39 is 0 Å². The van der Waals surface area contributed by atoms with Crippen molar-refractivity contribution in [2.24, 2.45) is 0 Å². The average molecular weight is 391 g/mol. The fourth-order valence-electron chi connectivity index (χ4n) is 3.51. The molecule has 1 aliphatic rings. The summed E-state index contributed by atoms with van der Waals surface area (Å²) in [5, 5.41) is 4.94. The number of carbonyl (C=O) groups excluding carboxylic acids is 2. The SMILES string of the molecule is CC(=O)c1ccccc1-c1ccc2c(c1)C[C@@H](CNC(=O)Cc1cccs1)O2. The highest BCUT2D eigenvalue weighted by Gasteiger charge is 2.24. The Hall–Kier alpha value is -2.92. The van der Waals surface area contributed by atoms with Crippen molar-refractivity contribution in [3.8, 4) is 16.9 Å². The van der Waals surface area contributed by atoms with Crippen LogP contribution in [0, 0.1) is 0 Å². The lowest BCUT2D eigenvalue weighted by Gasteiger charge is -2.11. The molecule has 4 rings (SSSR count). The maximum Gasteiger partial charge on any atom is 0.225 e. The van der Waals surface area contributed by atoms with E-state index in [-0.39, 0.29) is 17.8 Å². The van der Waals surface area contributed by atoms with Crippen molar-refractivity contribution in [3.05, 3.63) is 76.0 Å². The molecule has 2 aromatic carbocycles. The van der Waals surface area contributed by atoms with E-state index in [0.717, 1.165) is 39.3 Å². The van der Waals surface area contributed by atoms with Crippen molar-refractivity contribution in [3.63, 3.8) is 0 Å². The quantitative estimate of drug-likeness (QED) is 0.638. The van der Waals surface area contributed by atoms with E-state index in [1.807, 2.05) is 53.9 Å². The highest BCUT2D eigenvalue weighted by molar-refractivity contribution is 7.10. The number of hydrogen-bond donors (Lipinski definition) is 1. The summed E-state index contributed by atoms with van der Waals surface area (Å²) in [6, 6.07) is 17.6. The van der Waals surface area contributed by atoms with Crippen molar-refractivity contribution >= 4 is 23.0 Å². The molecule has 0 bridgehead atoms. The minimum atomic E-state index is -0.0689. The molecule has 0 saturated carbocycles. The second-order valence-electron chi connectivity index (χ2n) is 6.93. The molecular weight excluding hydrogens is 370 g/mol. The van der Waals surface area contributed by atoms with E-state index in [4.69, 9.17) is 4.74 Å². The lowest BCUT2D eigenvalue weighted by atomic mass is 9.95. The zero-order chi connectivity index (χ0) is 19.5. The average Bonchev–Trinajstić information content (AvgIpc) is 3.35. The van der Waals surface area contributed by atoms with Gasteiger partial charge in [0.2, 0.25) is 5.91 Å². The van der Waals surface area contributed by atoms with E-state index >= 15 is 0 Å². The van der Waals surface area contributed by atoms with Crippen LogP contribution in [0.1, 0.15) is 27.7 Å².